The molecule has 3 rings (SSSR count). The van der Waals surface area contributed by atoms with Crippen LogP contribution >= 0.6 is 0 Å². The van der Waals surface area contributed by atoms with Gasteiger partial charge in [0, 0.05) is 44.7 Å². The summed E-state index contributed by atoms with van der Waals surface area (Å²) in [5, 5.41) is 7.32. The molecule has 1 aliphatic rings. The van der Waals surface area contributed by atoms with Gasteiger partial charge in [0.25, 0.3) is 0 Å². The monoisotopic (exact) mass is 359 g/mol. The predicted molar refractivity (Wildman–Crippen MR) is 93.2 cm³/mol. The number of aryl methyl sites for hydroxylation is 1. The lowest BCUT2D eigenvalue weighted by Gasteiger charge is -2.25. The van der Waals surface area contributed by atoms with Crippen LogP contribution in [0.25, 0.3) is 0 Å². The minimum atomic E-state index is -0.744. The van der Waals surface area contributed by atoms with Crippen LogP contribution in [0, 0.1) is 11.7 Å². The molecule has 138 valence electrons. The van der Waals surface area contributed by atoms with Crippen LogP contribution in [0.4, 0.5) is 4.39 Å². The largest absolute Gasteiger partial charge is 0.368 e. The molecule has 0 bridgehead atoms. The molecule has 3 N–H and O–H groups in total. The fourth-order valence-electron chi connectivity index (χ4n) is 3.53. The van der Waals surface area contributed by atoms with E-state index in [1.54, 1.807) is 22.8 Å². The highest BCUT2D eigenvalue weighted by Gasteiger charge is 2.39. The molecule has 1 aliphatic heterocycles. The molecule has 0 spiro atoms. The zero-order valence-corrected chi connectivity index (χ0v) is 14.7. The highest BCUT2D eigenvalue weighted by atomic mass is 19.1. The summed E-state index contributed by atoms with van der Waals surface area (Å²) >= 11 is 0. The van der Waals surface area contributed by atoms with Crippen LogP contribution in [0.15, 0.2) is 36.7 Å². The van der Waals surface area contributed by atoms with E-state index in [2.05, 4.69) is 10.4 Å². The number of primary amides is 1. The maximum Gasteiger partial charge on any atom is 0.239 e. The second-order valence-corrected chi connectivity index (χ2v) is 6.66. The Balaban J connectivity index is 1.76. The van der Waals surface area contributed by atoms with Crippen LogP contribution in [-0.4, -0.2) is 40.1 Å². The van der Waals surface area contributed by atoms with E-state index in [-0.39, 0.29) is 23.7 Å². The minimum Gasteiger partial charge on any atom is -0.368 e. The molecule has 2 heterocycles. The summed E-state index contributed by atoms with van der Waals surface area (Å²) in [5.74, 6) is -0.911. The van der Waals surface area contributed by atoms with Gasteiger partial charge in [-0.3, -0.25) is 14.3 Å². The highest BCUT2D eigenvalue weighted by Crippen LogP contribution is 2.36. The number of carbonyl (C=O) groups excluding carboxylic acids is 2. The normalized spacial score (nSPS) is 21.2. The van der Waals surface area contributed by atoms with Crippen molar-refractivity contribution in [1.82, 2.24) is 20.0 Å². The Hall–Kier alpha value is -2.74. The van der Waals surface area contributed by atoms with Crippen molar-refractivity contribution in [2.75, 3.05) is 13.6 Å². The van der Waals surface area contributed by atoms with Gasteiger partial charge in [-0.25, -0.2) is 4.39 Å². The molecule has 0 radical (unpaired) electrons. The van der Waals surface area contributed by atoms with Crippen molar-refractivity contribution in [2.24, 2.45) is 18.7 Å². The Morgan fingerprint density at radius 2 is 2.08 bits per heavy atom. The van der Waals surface area contributed by atoms with Crippen molar-refractivity contribution in [3.8, 4) is 0 Å². The Morgan fingerprint density at radius 1 is 1.38 bits per heavy atom. The minimum absolute atomic E-state index is 0.0287. The van der Waals surface area contributed by atoms with Crippen LogP contribution in [0.1, 0.15) is 29.6 Å². The Labute approximate surface area is 151 Å². The number of nitrogens with zero attached hydrogens (tertiary/aromatic N) is 3. The molecule has 3 atom stereocenters. The number of likely N-dealkylation sites (tertiary alicyclic amines) is 1. The first kappa shape index (κ1) is 18.1. The third-order valence-corrected chi connectivity index (χ3v) is 4.83. The van der Waals surface area contributed by atoms with Crippen LogP contribution in [-0.2, 0) is 16.6 Å². The van der Waals surface area contributed by atoms with Crippen LogP contribution in [0.3, 0.4) is 0 Å². The Kier molecular flexibility index (Phi) is 5.03. The number of benzene rings is 1. The van der Waals surface area contributed by atoms with Crippen molar-refractivity contribution < 1.29 is 14.0 Å². The topological polar surface area (TPSA) is 93.2 Å². The first-order chi connectivity index (χ1) is 12.4. The van der Waals surface area contributed by atoms with Crippen molar-refractivity contribution in [3.63, 3.8) is 0 Å². The third kappa shape index (κ3) is 3.60. The fraction of sp³-hybridized carbons (Fsp3) is 0.389. The zero-order chi connectivity index (χ0) is 18.8. The molecule has 1 fully saturated rings. The summed E-state index contributed by atoms with van der Waals surface area (Å²) < 4.78 is 14.8. The lowest BCUT2D eigenvalue weighted by Crippen LogP contribution is -2.37. The highest BCUT2D eigenvalue weighted by molar-refractivity contribution is 5.81. The van der Waals surface area contributed by atoms with Gasteiger partial charge in [0.1, 0.15) is 11.9 Å². The van der Waals surface area contributed by atoms with E-state index in [1.165, 1.54) is 24.3 Å². The van der Waals surface area contributed by atoms with E-state index in [4.69, 9.17) is 5.73 Å². The molecule has 0 saturated carbocycles. The van der Waals surface area contributed by atoms with E-state index >= 15 is 0 Å². The lowest BCUT2D eigenvalue weighted by molar-refractivity contribution is -0.127. The molecule has 8 heteroatoms. The third-order valence-electron chi connectivity index (χ3n) is 4.83. The summed E-state index contributed by atoms with van der Waals surface area (Å²) in [7, 11) is 3.59. The number of hydrogen-bond donors (Lipinski definition) is 2. The van der Waals surface area contributed by atoms with E-state index in [9.17, 15) is 14.0 Å². The summed E-state index contributed by atoms with van der Waals surface area (Å²) in [6.07, 6.45) is 4.01. The number of halogens is 1. The molecule has 1 aromatic heterocycles. The molecular weight excluding hydrogens is 337 g/mol. The molecule has 26 heavy (non-hydrogen) atoms. The van der Waals surface area contributed by atoms with E-state index in [1.807, 2.05) is 13.2 Å². The van der Waals surface area contributed by atoms with Crippen LogP contribution in [0.2, 0.25) is 0 Å². The quantitative estimate of drug-likeness (QED) is 0.801. The summed E-state index contributed by atoms with van der Waals surface area (Å²) in [6, 6.07) is 4.78. The zero-order valence-electron chi connectivity index (χ0n) is 14.7. The average Bonchev–Trinajstić information content (AvgIpc) is 3.13. The van der Waals surface area contributed by atoms with Gasteiger partial charge in [0.15, 0.2) is 0 Å². The van der Waals surface area contributed by atoms with Gasteiger partial charge in [-0.15, -0.1) is 0 Å². The van der Waals surface area contributed by atoms with Crippen molar-refractivity contribution in [2.45, 2.75) is 18.5 Å². The van der Waals surface area contributed by atoms with Gasteiger partial charge in [-0.1, -0.05) is 12.1 Å². The molecule has 1 saturated heterocycles. The van der Waals surface area contributed by atoms with E-state index in [0.717, 1.165) is 5.56 Å². The first-order valence-electron chi connectivity index (χ1n) is 8.39. The molecular formula is C18H22FN5O2. The Bertz CT molecular complexity index is 804. The Morgan fingerprint density at radius 3 is 2.65 bits per heavy atom. The number of amides is 2. The van der Waals surface area contributed by atoms with Crippen molar-refractivity contribution >= 4 is 11.8 Å². The standard InChI is InChI=1S/C18H22FN5O2/c1-23-10-13(9-22-23)17-12(7-15(25)24(17)2)8-21-16(18(20)26)11-3-5-14(19)6-4-11/h3-6,9-10,12,16-17,21H,7-8H2,1-2H3,(H2,20,26)/t12-,16-,17+/m0/s1. The van der Waals surface area contributed by atoms with Gasteiger partial charge < -0.3 is 16.0 Å². The summed E-state index contributed by atoms with van der Waals surface area (Å²) in [4.78, 5) is 25.8. The van der Waals surface area contributed by atoms with Gasteiger partial charge in [0.05, 0.1) is 12.2 Å². The van der Waals surface area contributed by atoms with Crippen molar-refractivity contribution in [1.29, 1.82) is 0 Å². The summed E-state index contributed by atoms with van der Waals surface area (Å²) in [6.45, 7) is 0.417. The summed E-state index contributed by atoms with van der Waals surface area (Å²) in [5.41, 5.74) is 7.05. The molecule has 1 aromatic carbocycles. The lowest BCUT2D eigenvalue weighted by atomic mass is 9.95. The van der Waals surface area contributed by atoms with Crippen LogP contribution in [0.5, 0.6) is 0 Å². The smallest absolute Gasteiger partial charge is 0.239 e. The number of hydrogen-bond acceptors (Lipinski definition) is 4. The van der Waals surface area contributed by atoms with Gasteiger partial charge in [-0.05, 0) is 17.7 Å². The van der Waals surface area contributed by atoms with Gasteiger partial charge in [-0.2, -0.15) is 5.10 Å². The molecule has 7 nitrogen and oxygen atoms in total. The van der Waals surface area contributed by atoms with Crippen molar-refractivity contribution in [3.05, 3.63) is 53.6 Å². The average molecular weight is 359 g/mol. The number of nitrogens with one attached hydrogen (secondary N) is 1. The molecule has 2 aromatic rings. The SMILES string of the molecule is CN1C(=O)C[C@@H](CN[C@H](C(N)=O)c2ccc(F)cc2)[C@@H]1c1cnn(C)c1. The molecule has 2 amide bonds. The predicted octanol–water partition coefficient (Wildman–Crippen LogP) is 0.895. The second kappa shape index (κ2) is 7.25. The first-order valence-corrected chi connectivity index (χ1v) is 8.39. The molecule has 0 unspecified atom stereocenters. The van der Waals surface area contributed by atoms with Gasteiger partial charge in [0.2, 0.25) is 11.8 Å². The maximum atomic E-state index is 13.1. The van der Waals surface area contributed by atoms with Crippen LogP contribution < -0.4 is 11.1 Å². The van der Waals surface area contributed by atoms with Gasteiger partial charge >= 0.3 is 0 Å². The fourth-order valence-corrected chi connectivity index (χ4v) is 3.53. The maximum absolute atomic E-state index is 13.1. The number of carbonyl (C=O) groups is 2. The number of nitrogens with two attached hydrogens (primary N) is 1. The molecule has 0 aliphatic carbocycles. The number of rotatable bonds is 6. The van der Waals surface area contributed by atoms with E-state index in [0.29, 0.717) is 18.5 Å². The second-order valence-electron chi connectivity index (χ2n) is 6.66. The van der Waals surface area contributed by atoms with E-state index < -0.39 is 11.9 Å². The number of aromatic nitrogens is 2.